The number of hydrogen-bond donors (Lipinski definition) is 0. The van der Waals surface area contributed by atoms with Crippen LogP contribution in [0.4, 0.5) is 13.2 Å². The van der Waals surface area contributed by atoms with Crippen LogP contribution in [0.2, 0.25) is 0 Å². The van der Waals surface area contributed by atoms with E-state index >= 15 is 0 Å². The van der Waals surface area contributed by atoms with Crippen molar-refractivity contribution in [1.82, 2.24) is 68.2 Å². The van der Waals surface area contributed by atoms with Gasteiger partial charge >= 0.3 is 6.18 Å². The molecule has 3 unspecified atom stereocenters. The van der Waals surface area contributed by atoms with E-state index in [-0.39, 0.29) is 54.0 Å². The van der Waals surface area contributed by atoms with Gasteiger partial charge in [0.1, 0.15) is 54.6 Å². The molecule has 2 saturated carbocycles. The molecule has 71 heavy (non-hydrogen) atoms. The van der Waals surface area contributed by atoms with Crippen LogP contribution in [0, 0.1) is 0 Å². The largest absolute Gasteiger partial charge is 0.492 e. The van der Waals surface area contributed by atoms with Crippen molar-refractivity contribution < 1.29 is 27.4 Å². The lowest BCUT2D eigenvalue weighted by Crippen LogP contribution is -2.28. The summed E-state index contributed by atoms with van der Waals surface area (Å²) in [5.41, 5.74) is 5.32. The zero-order valence-electron chi connectivity index (χ0n) is 38.3. The van der Waals surface area contributed by atoms with Crippen LogP contribution in [-0.4, -0.2) is 100 Å². The van der Waals surface area contributed by atoms with E-state index in [0.717, 1.165) is 66.3 Å². The summed E-state index contributed by atoms with van der Waals surface area (Å²) >= 11 is 0. The second-order valence-corrected chi connectivity index (χ2v) is 18.3. The Kier molecular flexibility index (Phi) is 10.8. The molecule has 2 aliphatic carbocycles. The van der Waals surface area contributed by atoms with E-state index in [1.165, 1.54) is 24.3 Å². The van der Waals surface area contributed by atoms with Crippen molar-refractivity contribution in [3.05, 3.63) is 149 Å². The Bertz CT molecular complexity index is 3570. The summed E-state index contributed by atoms with van der Waals surface area (Å²) in [7, 11) is 1.53. The number of ketones is 1. The Labute approximate surface area is 401 Å². The van der Waals surface area contributed by atoms with Crippen molar-refractivity contribution >= 4 is 16.7 Å². The van der Waals surface area contributed by atoms with Crippen molar-refractivity contribution in [3.63, 3.8) is 0 Å². The average molecular weight is 961 g/mol. The van der Waals surface area contributed by atoms with Crippen LogP contribution >= 0.6 is 0 Å². The van der Waals surface area contributed by atoms with Gasteiger partial charge in [-0.25, -0.2) is 24.9 Å². The second kappa shape index (κ2) is 17.3. The van der Waals surface area contributed by atoms with E-state index < -0.39 is 24.2 Å². The van der Waals surface area contributed by atoms with E-state index in [1.807, 2.05) is 33.7 Å². The number of nitrogens with zero attached hydrogens (tertiary/aromatic N) is 14. The highest BCUT2D eigenvalue weighted by Crippen LogP contribution is 2.41. The van der Waals surface area contributed by atoms with Gasteiger partial charge in [0.2, 0.25) is 0 Å². The number of imidazole rings is 2. The van der Waals surface area contributed by atoms with E-state index in [1.54, 1.807) is 71.8 Å². The molecule has 0 bridgehead atoms. The van der Waals surface area contributed by atoms with Gasteiger partial charge in [0.25, 0.3) is 5.56 Å². The zero-order valence-corrected chi connectivity index (χ0v) is 38.3. The molecule has 18 nitrogen and oxygen atoms in total. The molecule has 0 spiro atoms. The molecule has 2 fully saturated rings. The number of hydrogen-bond acceptors (Lipinski definition) is 13. The highest BCUT2D eigenvalue weighted by Gasteiger charge is 2.40. The van der Waals surface area contributed by atoms with Crippen LogP contribution in [0.1, 0.15) is 95.4 Å². The van der Waals surface area contributed by atoms with Gasteiger partial charge in [-0.1, -0.05) is 12.1 Å². The SMILES string of the molecule is COCC(Cc1ccc(C2COc3ccc(-n4cnc(C5CC5)c4)cc3C2=O)nc1-c1nncn1C(C)C(F)(F)F)n1cnnc1-c1cccc(-n2cnc3ccc(-n4cnc(C5CC5)c4)cc3c2=O)n1. The molecular formula is C50H43F3N14O4. The topological polar surface area (TPSA) is 193 Å². The first kappa shape index (κ1) is 44.0. The highest BCUT2D eigenvalue weighted by molar-refractivity contribution is 6.04. The summed E-state index contributed by atoms with van der Waals surface area (Å²) < 4.78 is 62.8. The van der Waals surface area contributed by atoms with Gasteiger partial charge in [0.15, 0.2) is 17.4 Å². The second-order valence-electron chi connectivity index (χ2n) is 18.3. The zero-order chi connectivity index (χ0) is 48.5. The Hall–Kier alpha value is -8.20. The minimum Gasteiger partial charge on any atom is -0.492 e. The maximum atomic E-state index is 14.4. The molecule has 7 aromatic heterocycles. The van der Waals surface area contributed by atoms with Crippen molar-refractivity contribution in [3.8, 4) is 46.0 Å². The summed E-state index contributed by atoms with van der Waals surface area (Å²) in [4.78, 5) is 52.0. The molecule has 21 heteroatoms. The Balaban J connectivity index is 0.875. The lowest BCUT2D eigenvalue weighted by molar-refractivity contribution is -0.162. The van der Waals surface area contributed by atoms with Crippen LogP contribution in [0.15, 0.2) is 116 Å². The normalized spacial score (nSPS) is 16.8. The fourth-order valence-electron chi connectivity index (χ4n) is 9.19. The highest BCUT2D eigenvalue weighted by atomic mass is 19.4. The fourth-order valence-corrected chi connectivity index (χ4v) is 9.19. The summed E-state index contributed by atoms with van der Waals surface area (Å²) in [5.74, 6) is 0.669. The van der Waals surface area contributed by atoms with Gasteiger partial charge in [0, 0.05) is 42.7 Å². The first-order valence-corrected chi connectivity index (χ1v) is 23.2. The van der Waals surface area contributed by atoms with Gasteiger partial charge in [-0.3, -0.25) is 14.2 Å². The van der Waals surface area contributed by atoms with E-state index in [2.05, 4.69) is 35.3 Å². The molecule has 8 heterocycles. The molecular weight excluding hydrogens is 918 g/mol. The summed E-state index contributed by atoms with van der Waals surface area (Å²) in [6.45, 7) is 1.07. The predicted octanol–water partition coefficient (Wildman–Crippen LogP) is 7.73. The molecule has 9 aromatic rings. The number of alkyl halides is 3. The molecule has 1 aliphatic heterocycles. The summed E-state index contributed by atoms with van der Waals surface area (Å²) in [6.07, 6.45) is 11.3. The van der Waals surface area contributed by atoms with Crippen LogP contribution in [-0.2, 0) is 11.2 Å². The number of carbonyl (C=O) groups is 1. The number of fused-ring (bicyclic) bond motifs is 2. The smallest absolute Gasteiger partial charge is 0.408 e. The monoisotopic (exact) mass is 960 g/mol. The Morgan fingerprint density at radius 3 is 2.18 bits per heavy atom. The molecule has 2 aromatic carbocycles. The van der Waals surface area contributed by atoms with Gasteiger partial charge in [-0.2, -0.15) is 13.2 Å². The quantitative estimate of drug-likeness (QED) is 0.103. The third-order valence-corrected chi connectivity index (χ3v) is 13.5. The number of carbonyl (C=O) groups excluding carboxylic acids is 1. The van der Waals surface area contributed by atoms with Crippen LogP contribution in [0.25, 0.3) is 51.1 Å². The first-order valence-electron chi connectivity index (χ1n) is 23.2. The molecule has 0 saturated heterocycles. The molecule has 0 amide bonds. The minimum absolute atomic E-state index is 0.0446. The molecule has 12 rings (SSSR count). The lowest BCUT2D eigenvalue weighted by atomic mass is 9.90. The number of rotatable bonds is 14. The van der Waals surface area contributed by atoms with Crippen LogP contribution in [0.5, 0.6) is 5.75 Å². The summed E-state index contributed by atoms with van der Waals surface area (Å²) in [6, 6.07) is 16.8. The van der Waals surface area contributed by atoms with Crippen LogP contribution < -0.4 is 10.3 Å². The molecule has 3 aliphatic rings. The number of pyridine rings is 2. The van der Waals surface area contributed by atoms with Gasteiger partial charge in [-0.05, 0) is 99.2 Å². The standard InChI is InChI=1S/C50H43F3N14O4/c1-28(50(51,52)53)65-26-57-62-48(65)45-31(10-13-39(60-45)37-22-71-43-15-12-33(18-36(43)46(37)68)64-20-42(55-24-64)30-8-9-30)16-34(21-70-2)66-27-58-61-47(66)40-4-3-5-44(59-40)67-25-56-38-14-11-32(17-35(38)49(67)69)63-19-41(54-23-63)29-6-7-29/h3-5,10-15,17-20,23-30,34,37H,6-9,16,21-22H2,1-2H3. The maximum absolute atomic E-state index is 14.4. The summed E-state index contributed by atoms with van der Waals surface area (Å²) in [5, 5.41) is 17.2. The van der Waals surface area contributed by atoms with Gasteiger partial charge in [-0.15, -0.1) is 20.4 Å². The van der Waals surface area contributed by atoms with Crippen molar-refractivity contribution in [1.29, 1.82) is 0 Å². The minimum atomic E-state index is -4.65. The number of benzene rings is 2. The molecule has 0 N–H and O–H groups in total. The number of Topliss-reactive ketones (excluding diaryl/α,β-unsaturated/α-hetero) is 1. The maximum Gasteiger partial charge on any atom is 0.408 e. The lowest BCUT2D eigenvalue weighted by Gasteiger charge is -2.26. The van der Waals surface area contributed by atoms with Gasteiger partial charge in [0.05, 0.1) is 64.8 Å². The number of halogens is 3. The predicted molar refractivity (Wildman–Crippen MR) is 250 cm³/mol. The molecule has 0 radical (unpaired) electrons. The number of ether oxygens (including phenoxy) is 2. The van der Waals surface area contributed by atoms with E-state index in [4.69, 9.17) is 19.4 Å². The van der Waals surface area contributed by atoms with Crippen LogP contribution in [0.3, 0.4) is 0 Å². The van der Waals surface area contributed by atoms with Crippen molar-refractivity contribution in [2.24, 2.45) is 0 Å². The van der Waals surface area contributed by atoms with E-state index in [0.29, 0.717) is 51.1 Å². The Morgan fingerprint density at radius 2 is 1.46 bits per heavy atom. The fraction of sp³-hybridized carbons (Fsp3) is 0.300. The Morgan fingerprint density at radius 1 is 0.761 bits per heavy atom. The van der Waals surface area contributed by atoms with E-state index in [9.17, 15) is 22.8 Å². The molecule has 3 atom stereocenters. The number of aromatic nitrogens is 14. The third-order valence-electron chi connectivity index (χ3n) is 13.5. The van der Waals surface area contributed by atoms with Crippen molar-refractivity contribution in [2.75, 3.05) is 20.3 Å². The number of methoxy groups -OCH3 is 1. The van der Waals surface area contributed by atoms with Crippen molar-refractivity contribution in [2.45, 2.75) is 75.0 Å². The average Bonchev–Trinajstić information content (AvgIpc) is 4.11. The molecule has 358 valence electrons. The van der Waals surface area contributed by atoms with Gasteiger partial charge < -0.3 is 27.7 Å². The third kappa shape index (κ3) is 8.24. The first-order chi connectivity index (χ1) is 34.5.